The van der Waals surface area contributed by atoms with E-state index >= 15 is 0 Å². The number of nitrogens with zero attached hydrogens (tertiary/aromatic N) is 2. The maximum atomic E-state index is 13.4. The molecular weight excluding hydrogens is 528 g/mol. The molecule has 0 radical (unpaired) electrons. The fraction of sp³-hybridized carbons (Fsp3) is 0.621. The lowest BCUT2D eigenvalue weighted by Crippen LogP contribution is -2.60. The van der Waals surface area contributed by atoms with Gasteiger partial charge >= 0.3 is 0 Å². The van der Waals surface area contributed by atoms with E-state index in [1.165, 1.54) is 11.8 Å². The first kappa shape index (κ1) is 32.0. The zero-order valence-corrected chi connectivity index (χ0v) is 24.4. The molecule has 2 aliphatic heterocycles. The Morgan fingerprint density at radius 2 is 1.56 bits per heavy atom. The molecule has 5 amide bonds. The lowest BCUT2D eigenvalue weighted by Gasteiger charge is -2.33. The number of carbonyl (C=O) groups excluding carboxylic acids is 5. The first-order valence-corrected chi connectivity index (χ1v) is 14.3. The summed E-state index contributed by atoms with van der Waals surface area (Å²) in [6.45, 7) is 6.27. The number of carbonyl (C=O) groups is 5. The van der Waals surface area contributed by atoms with Crippen LogP contribution in [-0.4, -0.2) is 108 Å². The monoisotopic (exact) mass is 572 g/mol. The second-order valence-electron chi connectivity index (χ2n) is 11.4. The highest BCUT2D eigenvalue weighted by atomic mass is 16.3. The van der Waals surface area contributed by atoms with Crippen LogP contribution in [-0.2, 0) is 30.4 Å². The molecule has 0 saturated carbocycles. The van der Waals surface area contributed by atoms with Crippen LogP contribution in [0.5, 0.6) is 0 Å². The quantitative estimate of drug-likeness (QED) is 0.303. The third kappa shape index (κ3) is 9.25. The van der Waals surface area contributed by atoms with Crippen molar-refractivity contribution in [3.8, 4) is 0 Å². The van der Waals surface area contributed by atoms with Crippen LogP contribution in [0, 0.1) is 11.8 Å². The van der Waals surface area contributed by atoms with Gasteiger partial charge in [-0.1, -0.05) is 44.2 Å². The lowest BCUT2D eigenvalue weighted by atomic mass is 9.95. The Morgan fingerprint density at radius 1 is 0.902 bits per heavy atom. The molecule has 41 heavy (non-hydrogen) atoms. The van der Waals surface area contributed by atoms with Gasteiger partial charge in [0.05, 0.1) is 12.6 Å². The minimum atomic E-state index is -1.29. The highest BCUT2D eigenvalue weighted by Gasteiger charge is 2.34. The average Bonchev–Trinajstić information content (AvgIpc) is 2.93. The van der Waals surface area contributed by atoms with Crippen LogP contribution in [0.1, 0.15) is 39.2 Å². The standard InChI is InChI=1S/C29H44N6O6/c1-18(2)24-28(40)31-22(16-20-8-6-5-7-9-20)26(38)33-25(19(3)36)27(39)30-12-15-35(17-23(37)32-24)29(41)21-10-13-34(4)14-11-21/h5-9,18-19,21-22,24-25,36H,10-17H2,1-4H3,(H,30,39)(H,31,40)(H,32,37)(H,33,38)/t19-,22+,24-,25+/m1/s1. The van der Waals surface area contributed by atoms with E-state index in [4.69, 9.17) is 0 Å². The number of benzene rings is 1. The Labute approximate surface area is 241 Å². The average molecular weight is 573 g/mol. The summed E-state index contributed by atoms with van der Waals surface area (Å²) in [6, 6.07) is 5.74. The molecular formula is C29H44N6O6. The van der Waals surface area contributed by atoms with Crippen LogP contribution in [0.25, 0.3) is 0 Å². The number of hydrogen-bond donors (Lipinski definition) is 5. The summed E-state index contributed by atoms with van der Waals surface area (Å²) in [5.74, 6) is -3.10. The van der Waals surface area contributed by atoms with E-state index in [1.807, 2.05) is 37.4 Å². The van der Waals surface area contributed by atoms with Crippen molar-refractivity contribution in [2.75, 3.05) is 39.8 Å². The molecule has 2 fully saturated rings. The summed E-state index contributed by atoms with van der Waals surface area (Å²) in [5.41, 5.74) is 0.775. The van der Waals surface area contributed by atoms with Crippen LogP contribution >= 0.6 is 0 Å². The van der Waals surface area contributed by atoms with Gasteiger partial charge in [-0.15, -0.1) is 0 Å². The SMILES string of the molecule is CC(C)[C@H]1NC(=O)CN(C(=O)C2CCN(C)CC2)CCNC(=O)[C@H]([C@@H](C)O)NC(=O)[C@H](Cc2ccccc2)NC1=O. The third-order valence-electron chi connectivity index (χ3n) is 7.64. The fourth-order valence-corrected chi connectivity index (χ4v) is 5.11. The molecule has 12 nitrogen and oxygen atoms in total. The number of likely N-dealkylation sites (tertiary alicyclic amines) is 1. The number of rotatable bonds is 5. The molecule has 3 rings (SSSR count). The summed E-state index contributed by atoms with van der Waals surface area (Å²) < 4.78 is 0. The topological polar surface area (TPSA) is 160 Å². The third-order valence-corrected chi connectivity index (χ3v) is 7.64. The van der Waals surface area contributed by atoms with Crippen LogP contribution in [0.2, 0.25) is 0 Å². The fourth-order valence-electron chi connectivity index (χ4n) is 5.11. The van der Waals surface area contributed by atoms with Crippen molar-refractivity contribution >= 4 is 29.5 Å². The number of amides is 5. The molecule has 4 atom stereocenters. The number of hydrogen-bond acceptors (Lipinski definition) is 7. The van der Waals surface area contributed by atoms with E-state index in [-0.39, 0.29) is 43.8 Å². The first-order valence-electron chi connectivity index (χ1n) is 14.3. The molecule has 0 aromatic heterocycles. The first-order chi connectivity index (χ1) is 19.5. The van der Waals surface area contributed by atoms with Crippen molar-refractivity contribution < 1.29 is 29.1 Å². The molecule has 226 valence electrons. The van der Waals surface area contributed by atoms with Gasteiger partial charge < -0.3 is 36.2 Å². The molecule has 0 spiro atoms. The van der Waals surface area contributed by atoms with E-state index in [2.05, 4.69) is 26.2 Å². The second kappa shape index (κ2) is 14.9. The van der Waals surface area contributed by atoms with Gasteiger partial charge in [0.2, 0.25) is 29.5 Å². The van der Waals surface area contributed by atoms with Crippen molar-refractivity contribution in [2.24, 2.45) is 11.8 Å². The Bertz CT molecular complexity index is 1070. The van der Waals surface area contributed by atoms with Gasteiger partial charge in [0.15, 0.2) is 0 Å². The van der Waals surface area contributed by atoms with Crippen molar-refractivity contribution in [3.05, 3.63) is 35.9 Å². The van der Waals surface area contributed by atoms with Gasteiger partial charge in [-0.25, -0.2) is 0 Å². The molecule has 1 aromatic carbocycles. The predicted octanol–water partition coefficient (Wildman–Crippen LogP) is -0.979. The summed E-state index contributed by atoms with van der Waals surface area (Å²) in [6.07, 6.45) is 0.224. The number of aliphatic hydroxyl groups excluding tert-OH is 1. The largest absolute Gasteiger partial charge is 0.391 e. The van der Waals surface area contributed by atoms with E-state index < -0.39 is 47.9 Å². The summed E-state index contributed by atoms with van der Waals surface area (Å²) in [7, 11) is 1.99. The Morgan fingerprint density at radius 3 is 2.17 bits per heavy atom. The van der Waals surface area contributed by atoms with E-state index in [1.54, 1.807) is 13.8 Å². The molecule has 2 heterocycles. The van der Waals surface area contributed by atoms with E-state index in [0.717, 1.165) is 18.7 Å². The molecule has 0 bridgehead atoms. The van der Waals surface area contributed by atoms with Crippen LogP contribution in [0.4, 0.5) is 0 Å². The zero-order valence-electron chi connectivity index (χ0n) is 24.4. The van der Waals surface area contributed by atoms with Crippen LogP contribution < -0.4 is 21.3 Å². The zero-order chi connectivity index (χ0) is 30.1. The normalized spacial score (nSPS) is 25.3. The number of aliphatic hydroxyl groups is 1. The molecule has 0 unspecified atom stereocenters. The molecule has 2 aliphatic rings. The highest BCUT2D eigenvalue weighted by Crippen LogP contribution is 2.19. The Kier molecular flexibility index (Phi) is 11.7. The van der Waals surface area contributed by atoms with Crippen LogP contribution in [0.3, 0.4) is 0 Å². The van der Waals surface area contributed by atoms with Crippen molar-refractivity contribution in [2.45, 2.75) is 64.3 Å². The number of nitrogens with one attached hydrogen (secondary N) is 4. The summed E-state index contributed by atoms with van der Waals surface area (Å²) in [5, 5.41) is 21.1. The minimum Gasteiger partial charge on any atom is -0.391 e. The van der Waals surface area contributed by atoms with Crippen LogP contribution in [0.15, 0.2) is 30.3 Å². The maximum absolute atomic E-state index is 13.4. The minimum absolute atomic E-state index is 0.0157. The van der Waals surface area contributed by atoms with Crippen molar-refractivity contribution in [1.29, 1.82) is 0 Å². The van der Waals surface area contributed by atoms with Gasteiger partial charge in [-0.2, -0.15) is 0 Å². The Hall–Kier alpha value is -3.51. The van der Waals surface area contributed by atoms with Gasteiger partial charge in [0.1, 0.15) is 18.1 Å². The predicted molar refractivity (Wildman–Crippen MR) is 152 cm³/mol. The summed E-state index contributed by atoms with van der Waals surface area (Å²) >= 11 is 0. The van der Waals surface area contributed by atoms with Gasteiger partial charge in [0.25, 0.3) is 0 Å². The molecule has 1 aromatic rings. The van der Waals surface area contributed by atoms with E-state index in [0.29, 0.717) is 12.8 Å². The smallest absolute Gasteiger partial charge is 0.245 e. The molecule has 12 heteroatoms. The lowest BCUT2D eigenvalue weighted by molar-refractivity contribution is -0.141. The maximum Gasteiger partial charge on any atom is 0.245 e. The van der Waals surface area contributed by atoms with Crippen molar-refractivity contribution in [1.82, 2.24) is 31.1 Å². The number of piperidine rings is 1. The van der Waals surface area contributed by atoms with Crippen molar-refractivity contribution in [3.63, 3.8) is 0 Å². The van der Waals surface area contributed by atoms with E-state index in [9.17, 15) is 29.1 Å². The molecule has 2 saturated heterocycles. The molecule has 0 aliphatic carbocycles. The Balaban J connectivity index is 1.89. The van der Waals surface area contributed by atoms with Gasteiger partial charge in [-0.3, -0.25) is 24.0 Å². The van der Waals surface area contributed by atoms with Gasteiger partial charge in [-0.05, 0) is 51.4 Å². The second-order valence-corrected chi connectivity index (χ2v) is 11.4. The molecule has 5 N–H and O–H groups in total. The van der Waals surface area contributed by atoms with Gasteiger partial charge in [0, 0.05) is 25.4 Å². The highest BCUT2D eigenvalue weighted by molar-refractivity contribution is 5.95. The summed E-state index contributed by atoms with van der Waals surface area (Å²) in [4.78, 5) is 70.0.